The first-order valence-corrected chi connectivity index (χ1v) is 6.92. The van der Waals surface area contributed by atoms with Crippen LogP contribution >= 0.6 is 0 Å². The van der Waals surface area contributed by atoms with E-state index in [1.165, 1.54) is 12.3 Å². The Hall–Kier alpha value is -2.57. The molecule has 0 saturated heterocycles. The highest BCUT2D eigenvalue weighted by molar-refractivity contribution is 5.93. The predicted octanol–water partition coefficient (Wildman–Crippen LogP) is 1.49. The molecule has 118 valence electrons. The standard InChI is InChI=1S/C15H18N2O5/c1-8-6-10(11(15(20)21)7-9(8)2)13(18)16-17-14(19)12-4-3-5-22-12/h3-5,10-11H,6-7H2,1-2H3,(H,16,18)(H,17,19)(H,20,21). The Morgan fingerprint density at radius 2 is 1.77 bits per heavy atom. The van der Waals surface area contributed by atoms with E-state index in [1.807, 2.05) is 13.8 Å². The zero-order chi connectivity index (χ0) is 16.3. The average Bonchev–Trinajstić information content (AvgIpc) is 3.00. The molecule has 1 aliphatic rings. The summed E-state index contributed by atoms with van der Waals surface area (Å²) in [6.07, 6.45) is 2.05. The van der Waals surface area contributed by atoms with Crippen LogP contribution in [-0.2, 0) is 9.59 Å². The molecule has 1 aliphatic carbocycles. The largest absolute Gasteiger partial charge is 0.481 e. The van der Waals surface area contributed by atoms with Gasteiger partial charge in [0, 0.05) is 0 Å². The third-order valence-electron chi connectivity index (χ3n) is 3.96. The summed E-state index contributed by atoms with van der Waals surface area (Å²) in [5.41, 5.74) is 6.51. The van der Waals surface area contributed by atoms with Gasteiger partial charge in [0.05, 0.1) is 18.1 Å². The summed E-state index contributed by atoms with van der Waals surface area (Å²) in [7, 11) is 0. The Bertz CT molecular complexity index is 618. The van der Waals surface area contributed by atoms with Crippen molar-refractivity contribution in [3.05, 3.63) is 35.3 Å². The van der Waals surface area contributed by atoms with Crippen LogP contribution in [0.3, 0.4) is 0 Å². The van der Waals surface area contributed by atoms with Crippen molar-refractivity contribution in [3.63, 3.8) is 0 Å². The lowest BCUT2D eigenvalue weighted by Crippen LogP contribution is -2.48. The Morgan fingerprint density at radius 1 is 1.14 bits per heavy atom. The zero-order valence-electron chi connectivity index (χ0n) is 12.4. The number of aliphatic carboxylic acids is 1. The summed E-state index contributed by atoms with van der Waals surface area (Å²) < 4.78 is 4.90. The van der Waals surface area contributed by atoms with Crippen molar-refractivity contribution in [2.75, 3.05) is 0 Å². The Morgan fingerprint density at radius 3 is 2.32 bits per heavy atom. The van der Waals surface area contributed by atoms with Crippen molar-refractivity contribution in [2.45, 2.75) is 26.7 Å². The van der Waals surface area contributed by atoms with Gasteiger partial charge in [0.25, 0.3) is 0 Å². The third kappa shape index (κ3) is 3.36. The van der Waals surface area contributed by atoms with Crippen molar-refractivity contribution in [1.82, 2.24) is 10.9 Å². The lowest BCUT2D eigenvalue weighted by atomic mass is 9.76. The van der Waals surface area contributed by atoms with Gasteiger partial charge in [0.2, 0.25) is 5.91 Å². The molecule has 0 fully saturated rings. The van der Waals surface area contributed by atoms with E-state index in [-0.39, 0.29) is 5.76 Å². The van der Waals surface area contributed by atoms with Crippen molar-refractivity contribution < 1.29 is 23.9 Å². The molecule has 3 N–H and O–H groups in total. The molecule has 22 heavy (non-hydrogen) atoms. The number of hydrogen-bond donors (Lipinski definition) is 3. The van der Waals surface area contributed by atoms with Crippen molar-refractivity contribution in [1.29, 1.82) is 0 Å². The summed E-state index contributed by atoms with van der Waals surface area (Å²) in [5, 5.41) is 9.28. The normalized spacial score (nSPS) is 21.4. The van der Waals surface area contributed by atoms with Crippen LogP contribution in [0.1, 0.15) is 37.2 Å². The smallest absolute Gasteiger partial charge is 0.307 e. The van der Waals surface area contributed by atoms with E-state index < -0.39 is 29.6 Å². The van der Waals surface area contributed by atoms with E-state index >= 15 is 0 Å². The monoisotopic (exact) mass is 306 g/mol. The van der Waals surface area contributed by atoms with E-state index in [4.69, 9.17) is 4.42 Å². The number of carboxylic acids is 1. The van der Waals surface area contributed by atoms with Crippen LogP contribution in [0, 0.1) is 11.8 Å². The van der Waals surface area contributed by atoms with Crippen LogP contribution in [0.25, 0.3) is 0 Å². The fourth-order valence-electron chi connectivity index (χ4n) is 2.51. The van der Waals surface area contributed by atoms with Crippen LogP contribution in [0.15, 0.2) is 34.0 Å². The van der Waals surface area contributed by atoms with Gasteiger partial charge in [-0.15, -0.1) is 0 Å². The van der Waals surface area contributed by atoms with Crippen LogP contribution in [-0.4, -0.2) is 22.9 Å². The van der Waals surface area contributed by atoms with E-state index in [9.17, 15) is 19.5 Å². The number of nitrogens with one attached hydrogen (secondary N) is 2. The van der Waals surface area contributed by atoms with Gasteiger partial charge in [-0.25, -0.2) is 0 Å². The van der Waals surface area contributed by atoms with Crippen molar-refractivity contribution in [3.8, 4) is 0 Å². The lowest BCUT2D eigenvalue weighted by Gasteiger charge is -2.29. The fraction of sp³-hybridized carbons (Fsp3) is 0.400. The number of amides is 2. The fourth-order valence-corrected chi connectivity index (χ4v) is 2.51. The van der Waals surface area contributed by atoms with Gasteiger partial charge in [-0.3, -0.25) is 25.2 Å². The molecule has 1 aromatic heterocycles. The number of carbonyl (C=O) groups excluding carboxylic acids is 2. The molecule has 2 unspecified atom stereocenters. The SMILES string of the molecule is CC1=C(C)CC(C(=O)NNC(=O)c2ccco2)C(C(=O)O)C1. The van der Waals surface area contributed by atoms with Crippen molar-refractivity contribution >= 4 is 17.8 Å². The Labute approximate surface area is 127 Å². The lowest BCUT2D eigenvalue weighted by molar-refractivity contribution is -0.147. The molecule has 2 atom stereocenters. The van der Waals surface area contributed by atoms with Gasteiger partial charge < -0.3 is 9.52 Å². The number of rotatable bonds is 3. The molecule has 1 aromatic rings. The Balaban J connectivity index is 2.01. The number of hydrogen-bond acceptors (Lipinski definition) is 4. The van der Waals surface area contributed by atoms with Crippen molar-refractivity contribution in [2.24, 2.45) is 11.8 Å². The van der Waals surface area contributed by atoms with E-state index in [2.05, 4.69) is 10.9 Å². The second kappa shape index (κ2) is 6.46. The first-order valence-electron chi connectivity index (χ1n) is 6.92. The maximum absolute atomic E-state index is 12.2. The molecule has 2 rings (SSSR count). The Kier molecular flexibility index (Phi) is 4.65. The summed E-state index contributed by atoms with van der Waals surface area (Å²) in [6.45, 7) is 3.76. The molecule has 0 radical (unpaired) electrons. The number of carboxylic acid groups (broad SMARTS) is 1. The first-order chi connectivity index (χ1) is 10.4. The van der Waals surface area contributed by atoms with Crippen LogP contribution < -0.4 is 10.9 Å². The summed E-state index contributed by atoms with van der Waals surface area (Å²) in [5.74, 6) is -3.55. The maximum Gasteiger partial charge on any atom is 0.307 e. The molecule has 0 saturated carbocycles. The van der Waals surface area contributed by atoms with Crippen LogP contribution in [0.4, 0.5) is 0 Å². The van der Waals surface area contributed by atoms with E-state index in [1.54, 1.807) is 6.07 Å². The molecular formula is C15H18N2O5. The molecule has 0 aliphatic heterocycles. The highest BCUT2D eigenvalue weighted by Gasteiger charge is 2.37. The average molecular weight is 306 g/mol. The number of hydrazine groups is 1. The summed E-state index contributed by atoms with van der Waals surface area (Å²) in [4.78, 5) is 35.2. The van der Waals surface area contributed by atoms with Gasteiger partial charge >= 0.3 is 11.9 Å². The topological polar surface area (TPSA) is 109 Å². The number of carbonyl (C=O) groups is 3. The second-order valence-corrected chi connectivity index (χ2v) is 5.44. The molecule has 0 spiro atoms. The zero-order valence-corrected chi connectivity index (χ0v) is 12.4. The van der Waals surface area contributed by atoms with Gasteiger partial charge in [0.15, 0.2) is 5.76 Å². The minimum atomic E-state index is -1.01. The first kappa shape index (κ1) is 15.8. The molecular weight excluding hydrogens is 288 g/mol. The maximum atomic E-state index is 12.2. The molecule has 0 bridgehead atoms. The van der Waals surface area contributed by atoms with Crippen LogP contribution in [0.2, 0.25) is 0 Å². The molecule has 1 heterocycles. The predicted molar refractivity (Wildman–Crippen MR) is 76.5 cm³/mol. The second-order valence-electron chi connectivity index (χ2n) is 5.44. The van der Waals surface area contributed by atoms with Gasteiger partial charge in [-0.05, 0) is 38.8 Å². The van der Waals surface area contributed by atoms with Gasteiger partial charge in [-0.2, -0.15) is 0 Å². The molecule has 7 heteroatoms. The highest BCUT2D eigenvalue weighted by atomic mass is 16.4. The quantitative estimate of drug-likeness (QED) is 0.579. The third-order valence-corrected chi connectivity index (χ3v) is 3.96. The summed E-state index contributed by atoms with van der Waals surface area (Å²) >= 11 is 0. The van der Waals surface area contributed by atoms with Gasteiger partial charge in [-0.1, -0.05) is 11.1 Å². The molecule has 0 aromatic carbocycles. The minimum Gasteiger partial charge on any atom is -0.481 e. The van der Waals surface area contributed by atoms with Gasteiger partial charge in [0.1, 0.15) is 0 Å². The highest BCUT2D eigenvalue weighted by Crippen LogP contribution is 2.34. The van der Waals surface area contributed by atoms with E-state index in [0.717, 1.165) is 11.1 Å². The summed E-state index contributed by atoms with van der Waals surface area (Å²) in [6, 6.07) is 3.01. The number of allylic oxidation sites excluding steroid dienone is 2. The van der Waals surface area contributed by atoms with Crippen LogP contribution in [0.5, 0.6) is 0 Å². The number of furan rings is 1. The van der Waals surface area contributed by atoms with E-state index in [0.29, 0.717) is 12.8 Å². The molecule has 2 amide bonds. The molecule has 7 nitrogen and oxygen atoms in total. The minimum absolute atomic E-state index is 0.0608.